The van der Waals surface area contributed by atoms with Crippen LogP contribution < -0.4 is 4.90 Å². The number of carbonyl (C=O) groups is 2. The lowest BCUT2D eigenvalue weighted by Gasteiger charge is -2.16. The fraction of sp³-hybridized carbons (Fsp3) is 0.429. The average molecular weight is 262 g/mol. The second-order valence-corrected chi connectivity index (χ2v) is 4.53. The van der Waals surface area contributed by atoms with Gasteiger partial charge in [-0.3, -0.25) is 14.6 Å². The summed E-state index contributed by atoms with van der Waals surface area (Å²) in [5, 5.41) is 8.70. The highest BCUT2D eigenvalue weighted by atomic mass is 16.3. The van der Waals surface area contributed by atoms with Gasteiger partial charge in [0.15, 0.2) is 0 Å². The Kier molecular flexibility index (Phi) is 4.52. The Morgan fingerprint density at radius 1 is 1.05 bits per heavy atom. The molecule has 0 saturated carbocycles. The fourth-order valence-electron chi connectivity index (χ4n) is 2.13. The van der Waals surface area contributed by atoms with Crippen molar-refractivity contribution in [3.8, 4) is 0 Å². The molecule has 1 aromatic carbocycles. The number of hydrogen-bond acceptors (Lipinski definition) is 3. The Morgan fingerprint density at radius 2 is 1.79 bits per heavy atom. The molecule has 5 nitrogen and oxygen atoms in total. The summed E-state index contributed by atoms with van der Waals surface area (Å²) < 4.78 is 0. The fourth-order valence-corrected chi connectivity index (χ4v) is 2.13. The van der Waals surface area contributed by atoms with Gasteiger partial charge in [-0.2, -0.15) is 0 Å². The lowest BCUT2D eigenvalue weighted by Crippen LogP contribution is -2.33. The Labute approximate surface area is 112 Å². The van der Waals surface area contributed by atoms with Crippen LogP contribution in [0.1, 0.15) is 19.3 Å². The molecule has 1 fully saturated rings. The summed E-state index contributed by atoms with van der Waals surface area (Å²) in [7, 11) is 0. The van der Waals surface area contributed by atoms with Gasteiger partial charge >= 0.3 is 6.03 Å². The quantitative estimate of drug-likeness (QED) is 0.626. The van der Waals surface area contributed by atoms with Crippen molar-refractivity contribution >= 4 is 17.6 Å². The van der Waals surface area contributed by atoms with Gasteiger partial charge in [0.05, 0.1) is 0 Å². The lowest BCUT2D eigenvalue weighted by atomic mass is 10.2. The third-order valence-corrected chi connectivity index (χ3v) is 3.16. The summed E-state index contributed by atoms with van der Waals surface area (Å²) in [6.45, 7) is 0.696. The van der Waals surface area contributed by atoms with Crippen LogP contribution in [-0.4, -0.2) is 41.6 Å². The molecule has 1 heterocycles. The van der Waals surface area contributed by atoms with Gasteiger partial charge in [0.1, 0.15) is 6.54 Å². The van der Waals surface area contributed by atoms with E-state index in [0.717, 1.165) is 18.5 Å². The highest BCUT2D eigenvalue weighted by Crippen LogP contribution is 2.20. The molecule has 0 bridgehead atoms. The highest BCUT2D eigenvalue weighted by Gasteiger charge is 2.36. The van der Waals surface area contributed by atoms with E-state index in [9.17, 15) is 9.59 Å². The summed E-state index contributed by atoms with van der Waals surface area (Å²) in [5.41, 5.74) is 0.749. The normalized spacial score (nSPS) is 15.4. The minimum absolute atomic E-state index is 0.114. The van der Waals surface area contributed by atoms with Crippen LogP contribution in [0.3, 0.4) is 0 Å². The predicted octanol–water partition coefficient (Wildman–Crippen LogP) is 1.62. The number of aliphatic hydroxyl groups excluding tert-OH is 1. The first-order valence-electron chi connectivity index (χ1n) is 6.52. The number of aliphatic hydroxyl groups is 1. The van der Waals surface area contributed by atoms with Crippen LogP contribution >= 0.6 is 0 Å². The molecule has 0 unspecified atom stereocenters. The molecule has 0 aliphatic carbocycles. The molecule has 1 N–H and O–H groups in total. The van der Waals surface area contributed by atoms with Crippen molar-refractivity contribution < 1.29 is 14.7 Å². The van der Waals surface area contributed by atoms with Crippen molar-refractivity contribution in [1.82, 2.24) is 4.90 Å². The molecular formula is C14H18N2O3. The molecule has 5 heteroatoms. The maximum absolute atomic E-state index is 12.2. The molecule has 19 heavy (non-hydrogen) atoms. The molecular weight excluding hydrogens is 244 g/mol. The minimum atomic E-state index is -0.250. The Balaban J connectivity index is 1.97. The van der Waals surface area contributed by atoms with E-state index in [-0.39, 0.29) is 25.1 Å². The van der Waals surface area contributed by atoms with Gasteiger partial charge in [-0.15, -0.1) is 0 Å². The molecule has 1 aliphatic heterocycles. The van der Waals surface area contributed by atoms with Gasteiger partial charge in [0.25, 0.3) is 5.91 Å². The van der Waals surface area contributed by atoms with E-state index in [1.165, 1.54) is 9.80 Å². The molecule has 2 rings (SSSR count). The van der Waals surface area contributed by atoms with Crippen molar-refractivity contribution in [2.24, 2.45) is 0 Å². The number of carbonyl (C=O) groups excluding carboxylic acids is 2. The maximum atomic E-state index is 12.2. The van der Waals surface area contributed by atoms with Crippen LogP contribution in [0, 0.1) is 0 Å². The number of nitrogens with zero attached hydrogens (tertiary/aromatic N) is 2. The van der Waals surface area contributed by atoms with E-state index in [1.54, 1.807) is 0 Å². The molecule has 3 amide bonds. The van der Waals surface area contributed by atoms with Crippen molar-refractivity contribution in [3.63, 3.8) is 0 Å². The van der Waals surface area contributed by atoms with Crippen LogP contribution in [0.15, 0.2) is 30.3 Å². The van der Waals surface area contributed by atoms with E-state index in [1.807, 2.05) is 30.3 Å². The van der Waals surface area contributed by atoms with Gasteiger partial charge in [-0.25, -0.2) is 4.79 Å². The first-order chi connectivity index (χ1) is 9.24. The number of rotatable bonds is 6. The molecule has 0 spiro atoms. The molecule has 102 valence electrons. The van der Waals surface area contributed by atoms with Crippen LogP contribution in [-0.2, 0) is 4.79 Å². The van der Waals surface area contributed by atoms with E-state index in [4.69, 9.17) is 5.11 Å². The number of hydrogen-bond donors (Lipinski definition) is 1. The molecule has 1 aromatic rings. The number of urea groups is 1. The zero-order valence-electron chi connectivity index (χ0n) is 10.8. The number of para-hydroxylation sites is 1. The van der Waals surface area contributed by atoms with Gasteiger partial charge < -0.3 is 5.11 Å². The predicted molar refractivity (Wildman–Crippen MR) is 71.8 cm³/mol. The number of imide groups is 1. The van der Waals surface area contributed by atoms with E-state index in [0.29, 0.717) is 13.0 Å². The number of anilines is 1. The second-order valence-electron chi connectivity index (χ2n) is 4.53. The van der Waals surface area contributed by atoms with Gasteiger partial charge in [-0.05, 0) is 31.4 Å². The van der Waals surface area contributed by atoms with Crippen LogP contribution in [0.25, 0.3) is 0 Å². The Hall–Kier alpha value is -1.88. The lowest BCUT2D eigenvalue weighted by molar-refractivity contribution is -0.124. The van der Waals surface area contributed by atoms with Crippen LogP contribution in [0.5, 0.6) is 0 Å². The van der Waals surface area contributed by atoms with Gasteiger partial charge in [0.2, 0.25) is 0 Å². The number of amides is 3. The van der Waals surface area contributed by atoms with E-state index >= 15 is 0 Å². The standard InChI is InChI=1S/C14H18N2O3/c17-10-6-2-5-9-15-13(18)11-16(14(15)19)12-7-3-1-4-8-12/h1,3-4,7-8,17H,2,5-6,9-11H2. The van der Waals surface area contributed by atoms with Crippen LogP contribution in [0.2, 0.25) is 0 Å². The minimum Gasteiger partial charge on any atom is -0.396 e. The second kappa shape index (κ2) is 6.33. The van der Waals surface area contributed by atoms with Crippen LogP contribution in [0.4, 0.5) is 10.5 Å². The first-order valence-corrected chi connectivity index (χ1v) is 6.52. The summed E-state index contributed by atoms with van der Waals surface area (Å²) in [6, 6.07) is 8.95. The van der Waals surface area contributed by atoms with E-state index < -0.39 is 0 Å². The molecule has 0 aromatic heterocycles. The first kappa shape index (κ1) is 13.5. The number of benzene rings is 1. The Morgan fingerprint density at radius 3 is 2.47 bits per heavy atom. The summed E-state index contributed by atoms with van der Waals surface area (Å²) in [6.07, 6.45) is 2.26. The topological polar surface area (TPSA) is 60.9 Å². The summed E-state index contributed by atoms with van der Waals surface area (Å²) in [5.74, 6) is -0.155. The third-order valence-electron chi connectivity index (χ3n) is 3.16. The molecule has 0 atom stereocenters. The van der Waals surface area contributed by atoms with Crippen molar-refractivity contribution in [2.45, 2.75) is 19.3 Å². The monoisotopic (exact) mass is 262 g/mol. The highest BCUT2D eigenvalue weighted by molar-refractivity contribution is 6.12. The SMILES string of the molecule is O=C1CN(c2ccccc2)C(=O)N1CCCCCO. The smallest absolute Gasteiger partial charge is 0.331 e. The molecule has 1 saturated heterocycles. The van der Waals surface area contributed by atoms with Crippen molar-refractivity contribution in [2.75, 3.05) is 24.6 Å². The van der Waals surface area contributed by atoms with Crippen molar-refractivity contribution in [1.29, 1.82) is 0 Å². The largest absolute Gasteiger partial charge is 0.396 e. The average Bonchev–Trinajstić information content (AvgIpc) is 2.72. The van der Waals surface area contributed by atoms with Gasteiger partial charge in [-0.1, -0.05) is 18.2 Å². The van der Waals surface area contributed by atoms with Gasteiger partial charge in [0, 0.05) is 18.8 Å². The molecule has 0 radical (unpaired) electrons. The number of unbranched alkanes of at least 4 members (excludes halogenated alkanes) is 2. The third kappa shape index (κ3) is 3.12. The Bertz CT molecular complexity index is 447. The zero-order chi connectivity index (χ0) is 13.7. The maximum Gasteiger partial charge on any atom is 0.331 e. The summed E-state index contributed by atoms with van der Waals surface area (Å²) in [4.78, 5) is 26.8. The molecule has 1 aliphatic rings. The van der Waals surface area contributed by atoms with Crippen molar-refractivity contribution in [3.05, 3.63) is 30.3 Å². The summed E-state index contributed by atoms with van der Waals surface area (Å²) >= 11 is 0. The zero-order valence-corrected chi connectivity index (χ0v) is 10.8. The van der Waals surface area contributed by atoms with E-state index in [2.05, 4.69) is 0 Å².